The Kier molecular flexibility index (Phi) is 6.03. The maximum atomic E-state index is 3.65. The van der Waals surface area contributed by atoms with Gasteiger partial charge >= 0.3 is 0 Å². The van der Waals surface area contributed by atoms with Crippen LogP contribution in [0.2, 0.25) is 0 Å². The molecule has 0 fully saturated rings. The van der Waals surface area contributed by atoms with Gasteiger partial charge in [0.05, 0.1) is 0 Å². The Labute approximate surface area is 72.0 Å². The summed E-state index contributed by atoms with van der Waals surface area (Å²) in [4.78, 5) is 0. The van der Waals surface area contributed by atoms with Crippen LogP contribution in [0.1, 0.15) is 13.8 Å². The lowest BCUT2D eigenvalue weighted by Crippen LogP contribution is -2.35. The van der Waals surface area contributed by atoms with Gasteiger partial charge in [-0.3, -0.25) is 0 Å². The Hall–Kier alpha value is 0.180. The Morgan fingerprint density at radius 2 is 2.20 bits per heavy atom. The van der Waals surface area contributed by atoms with E-state index in [1.165, 1.54) is 0 Å². The van der Waals surface area contributed by atoms with Gasteiger partial charge in [0.2, 0.25) is 0 Å². The Balaban J connectivity index is 3.49. The number of halogens is 1. The highest BCUT2D eigenvalue weighted by molar-refractivity contribution is 9.09. The van der Waals surface area contributed by atoms with Crippen molar-refractivity contribution in [1.29, 1.82) is 0 Å². The van der Waals surface area contributed by atoms with Crippen LogP contribution in [0, 0.1) is 5.92 Å². The second kappa shape index (κ2) is 5.93. The fourth-order valence-electron chi connectivity index (χ4n) is 0.703. The molecule has 0 rings (SSSR count). The summed E-state index contributed by atoms with van der Waals surface area (Å²) < 4.78 is 0. The summed E-state index contributed by atoms with van der Waals surface area (Å²) in [6.07, 6.45) is 1.89. The van der Waals surface area contributed by atoms with Crippen molar-refractivity contribution in [3.05, 3.63) is 12.7 Å². The summed E-state index contributed by atoms with van der Waals surface area (Å²) in [5.74, 6) is 0.680. The summed E-state index contributed by atoms with van der Waals surface area (Å²) in [5.41, 5.74) is 0. The molecule has 0 aliphatic rings. The van der Waals surface area contributed by atoms with Gasteiger partial charge < -0.3 is 5.32 Å². The van der Waals surface area contributed by atoms with Crippen molar-refractivity contribution in [2.75, 3.05) is 11.9 Å². The average molecular weight is 206 g/mol. The molecule has 0 spiro atoms. The third-order valence-corrected chi connectivity index (χ3v) is 2.19. The number of alkyl halides is 1. The highest BCUT2D eigenvalue weighted by atomic mass is 79.9. The van der Waals surface area contributed by atoms with Crippen molar-refractivity contribution >= 4 is 15.9 Å². The van der Waals surface area contributed by atoms with Crippen LogP contribution in [0.25, 0.3) is 0 Å². The van der Waals surface area contributed by atoms with Crippen molar-refractivity contribution in [3.63, 3.8) is 0 Å². The molecule has 0 aliphatic heterocycles. The fourth-order valence-corrected chi connectivity index (χ4v) is 1.68. The smallest absolute Gasteiger partial charge is 0.0190 e. The van der Waals surface area contributed by atoms with Crippen LogP contribution in [-0.4, -0.2) is 17.9 Å². The lowest BCUT2D eigenvalue weighted by atomic mass is 10.1. The monoisotopic (exact) mass is 205 g/mol. The maximum Gasteiger partial charge on any atom is 0.0190 e. The summed E-state index contributed by atoms with van der Waals surface area (Å²) in [6, 6.07) is 0.568. The van der Waals surface area contributed by atoms with E-state index in [2.05, 4.69) is 41.7 Å². The molecular formula is C8H16BrN. The Bertz CT molecular complexity index is 91.3. The van der Waals surface area contributed by atoms with E-state index in [-0.39, 0.29) is 0 Å². The van der Waals surface area contributed by atoms with Crippen molar-refractivity contribution in [3.8, 4) is 0 Å². The van der Waals surface area contributed by atoms with Crippen LogP contribution in [0.4, 0.5) is 0 Å². The second-order valence-corrected chi connectivity index (χ2v) is 3.35. The minimum atomic E-state index is 0.568. The molecule has 0 heterocycles. The van der Waals surface area contributed by atoms with Gasteiger partial charge in [0.15, 0.2) is 0 Å². The summed E-state index contributed by atoms with van der Waals surface area (Å²) in [5, 5.41) is 4.37. The molecule has 0 aromatic carbocycles. The molecule has 1 N–H and O–H groups in total. The van der Waals surface area contributed by atoms with Gasteiger partial charge in [-0.15, -0.1) is 6.58 Å². The first-order valence-corrected chi connectivity index (χ1v) is 4.74. The van der Waals surface area contributed by atoms with E-state index in [1.54, 1.807) is 0 Å². The molecule has 0 amide bonds. The van der Waals surface area contributed by atoms with E-state index in [4.69, 9.17) is 0 Å². The van der Waals surface area contributed by atoms with Crippen molar-refractivity contribution in [1.82, 2.24) is 5.32 Å². The van der Waals surface area contributed by atoms with Gasteiger partial charge in [0.1, 0.15) is 0 Å². The summed E-state index contributed by atoms with van der Waals surface area (Å²) in [6.45, 7) is 8.97. The summed E-state index contributed by atoms with van der Waals surface area (Å²) in [7, 11) is 0. The zero-order valence-corrected chi connectivity index (χ0v) is 8.32. The third-order valence-electron chi connectivity index (χ3n) is 1.50. The number of rotatable bonds is 5. The van der Waals surface area contributed by atoms with E-state index in [0.717, 1.165) is 11.9 Å². The zero-order valence-electron chi connectivity index (χ0n) is 6.73. The van der Waals surface area contributed by atoms with Gasteiger partial charge in [-0.2, -0.15) is 0 Å². The van der Waals surface area contributed by atoms with Gasteiger partial charge in [-0.1, -0.05) is 35.9 Å². The first-order chi connectivity index (χ1) is 4.72. The van der Waals surface area contributed by atoms with Gasteiger partial charge in [0, 0.05) is 17.9 Å². The predicted octanol–water partition coefficient (Wildman–Crippen LogP) is 2.18. The number of nitrogens with one attached hydrogen (secondary N) is 1. The highest BCUT2D eigenvalue weighted by Gasteiger charge is 2.08. The molecular weight excluding hydrogens is 190 g/mol. The van der Waals surface area contributed by atoms with Crippen LogP contribution in [0.3, 0.4) is 0 Å². The van der Waals surface area contributed by atoms with Crippen molar-refractivity contribution in [2.24, 2.45) is 5.92 Å². The second-order valence-electron chi connectivity index (χ2n) is 2.70. The molecule has 0 saturated carbocycles. The molecule has 1 nitrogen and oxygen atoms in total. The standard InChI is InChI=1S/C8H16BrN/c1-4-5-10-8(6-9)7(2)3/h4,7-8,10H,1,5-6H2,2-3H3. The predicted molar refractivity (Wildman–Crippen MR) is 50.6 cm³/mol. The molecule has 1 unspecified atom stereocenters. The van der Waals surface area contributed by atoms with Gasteiger partial charge in [-0.25, -0.2) is 0 Å². The van der Waals surface area contributed by atoms with E-state index in [1.807, 2.05) is 6.08 Å². The van der Waals surface area contributed by atoms with E-state index >= 15 is 0 Å². The van der Waals surface area contributed by atoms with Crippen LogP contribution >= 0.6 is 15.9 Å². The van der Waals surface area contributed by atoms with Crippen molar-refractivity contribution in [2.45, 2.75) is 19.9 Å². The first-order valence-electron chi connectivity index (χ1n) is 3.62. The van der Waals surface area contributed by atoms with Crippen LogP contribution < -0.4 is 5.32 Å². The van der Waals surface area contributed by atoms with E-state index in [9.17, 15) is 0 Å². The molecule has 0 aromatic heterocycles. The molecule has 60 valence electrons. The lowest BCUT2D eigenvalue weighted by Gasteiger charge is -2.18. The Morgan fingerprint density at radius 3 is 2.50 bits per heavy atom. The molecule has 2 heteroatoms. The van der Waals surface area contributed by atoms with E-state index < -0.39 is 0 Å². The highest BCUT2D eigenvalue weighted by Crippen LogP contribution is 2.03. The molecule has 0 aromatic rings. The molecule has 10 heavy (non-hydrogen) atoms. The average Bonchev–Trinajstić information content (AvgIpc) is 1.89. The number of hydrogen-bond donors (Lipinski definition) is 1. The maximum absolute atomic E-state index is 3.65. The minimum absolute atomic E-state index is 0.568. The summed E-state index contributed by atoms with van der Waals surface area (Å²) >= 11 is 3.45. The fraction of sp³-hybridized carbons (Fsp3) is 0.750. The lowest BCUT2D eigenvalue weighted by molar-refractivity contribution is 0.453. The van der Waals surface area contributed by atoms with Crippen LogP contribution in [-0.2, 0) is 0 Å². The van der Waals surface area contributed by atoms with Crippen LogP contribution in [0.5, 0.6) is 0 Å². The normalized spacial score (nSPS) is 13.6. The van der Waals surface area contributed by atoms with Gasteiger partial charge in [-0.05, 0) is 5.92 Å². The number of hydrogen-bond acceptors (Lipinski definition) is 1. The van der Waals surface area contributed by atoms with E-state index in [0.29, 0.717) is 12.0 Å². The minimum Gasteiger partial charge on any atom is -0.309 e. The third kappa shape index (κ3) is 4.07. The molecule has 0 saturated heterocycles. The SMILES string of the molecule is C=CCNC(CBr)C(C)C. The Morgan fingerprint density at radius 1 is 1.60 bits per heavy atom. The first kappa shape index (κ1) is 10.2. The largest absolute Gasteiger partial charge is 0.309 e. The molecule has 0 bridgehead atoms. The quantitative estimate of drug-likeness (QED) is 0.537. The zero-order chi connectivity index (χ0) is 7.98. The van der Waals surface area contributed by atoms with Crippen LogP contribution in [0.15, 0.2) is 12.7 Å². The molecule has 0 aliphatic carbocycles. The molecule has 1 atom stereocenters. The van der Waals surface area contributed by atoms with Crippen molar-refractivity contribution < 1.29 is 0 Å². The molecule has 0 radical (unpaired) electrons. The topological polar surface area (TPSA) is 12.0 Å². The van der Waals surface area contributed by atoms with Gasteiger partial charge in [0.25, 0.3) is 0 Å².